The van der Waals surface area contributed by atoms with Gasteiger partial charge in [-0.25, -0.2) is 4.98 Å². The van der Waals surface area contributed by atoms with Crippen LogP contribution in [0.25, 0.3) is 32.6 Å². The predicted molar refractivity (Wildman–Crippen MR) is 76.0 cm³/mol. The largest absolute Gasteiger partial charge is 0.248 e. The molecular weight excluding hydrogens is 236 g/mol. The first-order chi connectivity index (χ1) is 9.38. The van der Waals surface area contributed by atoms with E-state index in [2.05, 4.69) is 15.0 Å². The molecule has 4 nitrogen and oxygen atoms in total. The lowest BCUT2D eigenvalue weighted by molar-refractivity contribution is 1.37. The molecule has 0 aliphatic heterocycles. The number of pyridine rings is 1. The third-order valence-electron chi connectivity index (χ3n) is 2.92. The molecule has 0 radical (unpaired) electrons. The summed E-state index contributed by atoms with van der Waals surface area (Å²) in [7, 11) is 0. The van der Waals surface area contributed by atoms with Gasteiger partial charge in [0.2, 0.25) is 0 Å². The second-order valence-corrected chi connectivity index (χ2v) is 4.10. The van der Waals surface area contributed by atoms with Crippen molar-refractivity contribution < 1.29 is 0 Å². The van der Waals surface area contributed by atoms with Crippen LogP contribution >= 0.6 is 0 Å². The summed E-state index contributed by atoms with van der Waals surface area (Å²) in [6.45, 7) is 0. The van der Waals surface area contributed by atoms with Gasteiger partial charge in [0.1, 0.15) is 0 Å². The van der Waals surface area contributed by atoms with E-state index < -0.39 is 0 Å². The number of nitrogens with zero attached hydrogens (tertiary/aromatic N) is 4. The molecule has 3 aromatic rings. The molecule has 0 N–H and O–H groups in total. The molecule has 0 fully saturated rings. The van der Waals surface area contributed by atoms with Crippen molar-refractivity contribution in [2.75, 3.05) is 0 Å². The Morgan fingerprint density at radius 3 is 2.47 bits per heavy atom. The molecule has 0 saturated carbocycles. The Kier molecular flexibility index (Phi) is 2.85. The molecule has 1 aromatic heterocycles. The van der Waals surface area contributed by atoms with Crippen LogP contribution in [0.5, 0.6) is 0 Å². The van der Waals surface area contributed by atoms with Gasteiger partial charge < -0.3 is 0 Å². The van der Waals surface area contributed by atoms with E-state index in [-0.39, 0.29) is 0 Å². The van der Waals surface area contributed by atoms with E-state index in [0.717, 1.165) is 22.2 Å². The first-order valence-corrected chi connectivity index (χ1v) is 5.89. The summed E-state index contributed by atoms with van der Waals surface area (Å²) in [5, 5.41) is 4.62. The normalized spacial score (nSPS) is 10.1. The molecule has 0 unspecified atom stereocenters. The van der Waals surface area contributed by atoms with Gasteiger partial charge in [0, 0.05) is 21.5 Å². The highest BCUT2D eigenvalue weighted by Crippen LogP contribution is 2.30. The van der Waals surface area contributed by atoms with Gasteiger partial charge in [0.25, 0.3) is 0 Å². The van der Waals surface area contributed by atoms with E-state index in [1.807, 2.05) is 60.7 Å². The highest BCUT2D eigenvalue weighted by molar-refractivity contribution is 5.92. The highest BCUT2D eigenvalue weighted by atomic mass is 15.1. The second-order valence-electron chi connectivity index (χ2n) is 4.10. The Morgan fingerprint density at radius 2 is 1.68 bits per heavy atom. The van der Waals surface area contributed by atoms with E-state index in [1.54, 1.807) is 0 Å². The highest BCUT2D eigenvalue weighted by Gasteiger charge is 2.05. The van der Waals surface area contributed by atoms with E-state index in [4.69, 9.17) is 5.53 Å². The molecule has 0 aliphatic carbocycles. The molecule has 0 amide bonds. The number of benzene rings is 2. The molecular formula is C15H10N4. The molecule has 2 aromatic carbocycles. The molecule has 0 atom stereocenters. The third kappa shape index (κ3) is 2.12. The van der Waals surface area contributed by atoms with Gasteiger partial charge >= 0.3 is 0 Å². The number of rotatable bonds is 2. The first kappa shape index (κ1) is 11.3. The van der Waals surface area contributed by atoms with Crippen LogP contribution in [0.2, 0.25) is 0 Å². The lowest BCUT2D eigenvalue weighted by Gasteiger charge is -2.06. The van der Waals surface area contributed by atoms with Crippen molar-refractivity contribution in [3.05, 3.63) is 71.1 Å². The molecule has 0 bridgehead atoms. The summed E-state index contributed by atoms with van der Waals surface area (Å²) in [5.74, 6) is 0. The van der Waals surface area contributed by atoms with Gasteiger partial charge in [-0.15, -0.1) is 0 Å². The van der Waals surface area contributed by atoms with Crippen LogP contribution in [0, 0.1) is 0 Å². The van der Waals surface area contributed by atoms with Crippen LogP contribution in [0.3, 0.4) is 0 Å². The Bertz CT molecular complexity index is 775. The predicted octanol–water partition coefficient (Wildman–Crippen LogP) is 4.84. The average Bonchev–Trinajstić information content (AvgIpc) is 2.48. The molecule has 3 rings (SSSR count). The number of fused-ring (bicyclic) bond motifs is 1. The monoisotopic (exact) mass is 246 g/mol. The second kappa shape index (κ2) is 4.80. The maximum atomic E-state index is 8.68. The quantitative estimate of drug-likeness (QED) is 0.362. The minimum absolute atomic E-state index is 0.604. The van der Waals surface area contributed by atoms with Crippen LogP contribution in [-0.4, -0.2) is 4.98 Å². The van der Waals surface area contributed by atoms with Crippen LogP contribution < -0.4 is 0 Å². The zero-order chi connectivity index (χ0) is 13.1. The zero-order valence-electron chi connectivity index (χ0n) is 10.1. The maximum Gasteiger partial charge on any atom is 0.0714 e. The number of azide groups is 1. The minimum Gasteiger partial charge on any atom is -0.248 e. The number of para-hydroxylation sites is 1. The smallest absolute Gasteiger partial charge is 0.0714 e. The van der Waals surface area contributed by atoms with Crippen molar-refractivity contribution in [3.63, 3.8) is 0 Å². The average molecular weight is 246 g/mol. The van der Waals surface area contributed by atoms with Crippen LogP contribution in [0.1, 0.15) is 0 Å². The van der Waals surface area contributed by atoms with Crippen molar-refractivity contribution in [2.24, 2.45) is 5.11 Å². The van der Waals surface area contributed by atoms with Gasteiger partial charge in [-0.3, -0.25) is 0 Å². The summed E-state index contributed by atoms with van der Waals surface area (Å²) >= 11 is 0. The Labute approximate surface area is 110 Å². The fraction of sp³-hybridized carbons (Fsp3) is 0. The van der Waals surface area contributed by atoms with Crippen molar-refractivity contribution in [1.29, 1.82) is 0 Å². The van der Waals surface area contributed by atoms with E-state index >= 15 is 0 Å². The summed E-state index contributed by atoms with van der Waals surface area (Å²) in [5.41, 5.74) is 11.9. The molecule has 0 saturated heterocycles. The van der Waals surface area contributed by atoms with Crippen molar-refractivity contribution in [2.45, 2.75) is 0 Å². The molecule has 0 spiro atoms. The maximum absolute atomic E-state index is 8.68. The van der Waals surface area contributed by atoms with Crippen molar-refractivity contribution in [1.82, 2.24) is 4.98 Å². The summed E-state index contributed by atoms with van der Waals surface area (Å²) < 4.78 is 0. The summed E-state index contributed by atoms with van der Waals surface area (Å²) in [6, 6.07) is 19.3. The lowest BCUT2D eigenvalue weighted by Crippen LogP contribution is -1.85. The molecule has 0 aliphatic rings. The van der Waals surface area contributed by atoms with Crippen LogP contribution in [-0.2, 0) is 0 Å². The van der Waals surface area contributed by atoms with Gasteiger partial charge in [-0.2, -0.15) is 0 Å². The minimum atomic E-state index is 0.604. The Morgan fingerprint density at radius 1 is 0.947 bits per heavy atom. The fourth-order valence-corrected chi connectivity index (χ4v) is 2.04. The Balaban J connectivity index is 2.31. The van der Waals surface area contributed by atoms with Gasteiger partial charge in [-0.1, -0.05) is 53.6 Å². The molecule has 19 heavy (non-hydrogen) atoms. The fourth-order valence-electron chi connectivity index (χ4n) is 2.04. The zero-order valence-corrected chi connectivity index (χ0v) is 10.1. The standard InChI is InChI=1S/C15H10N4/c16-19-18-15-10-14(11-6-2-1-3-7-11)17-13-9-5-4-8-12(13)15/h1-10H. The van der Waals surface area contributed by atoms with Crippen LogP contribution in [0.15, 0.2) is 65.8 Å². The number of aromatic nitrogens is 1. The van der Waals surface area contributed by atoms with Gasteiger partial charge in [0.05, 0.1) is 11.2 Å². The number of hydrogen-bond donors (Lipinski definition) is 0. The molecule has 4 heteroatoms. The Hall–Kier alpha value is -2.84. The molecule has 90 valence electrons. The molecule has 1 heterocycles. The van der Waals surface area contributed by atoms with E-state index in [1.165, 1.54) is 0 Å². The lowest BCUT2D eigenvalue weighted by atomic mass is 10.1. The van der Waals surface area contributed by atoms with E-state index in [0.29, 0.717) is 5.69 Å². The summed E-state index contributed by atoms with van der Waals surface area (Å²) in [6.07, 6.45) is 0. The van der Waals surface area contributed by atoms with E-state index in [9.17, 15) is 0 Å². The van der Waals surface area contributed by atoms with Crippen molar-refractivity contribution >= 4 is 16.6 Å². The topological polar surface area (TPSA) is 61.7 Å². The SMILES string of the molecule is [N-]=[N+]=Nc1cc(-c2ccccc2)nc2ccccc12. The third-order valence-corrected chi connectivity index (χ3v) is 2.92. The van der Waals surface area contributed by atoms with Gasteiger partial charge in [0.15, 0.2) is 0 Å². The van der Waals surface area contributed by atoms with Gasteiger partial charge in [-0.05, 0) is 17.7 Å². The van der Waals surface area contributed by atoms with Crippen molar-refractivity contribution in [3.8, 4) is 11.3 Å². The van der Waals surface area contributed by atoms with Crippen LogP contribution in [0.4, 0.5) is 5.69 Å². The summed E-state index contributed by atoms with van der Waals surface area (Å²) in [4.78, 5) is 7.49. The number of hydrogen-bond acceptors (Lipinski definition) is 2. The first-order valence-electron chi connectivity index (χ1n) is 5.89.